The largest absolute Gasteiger partial charge is 0.497 e. The monoisotopic (exact) mass is 347 g/mol. The first-order valence-electron chi connectivity index (χ1n) is 7.78. The van der Waals surface area contributed by atoms with Crippen molar-refractivity contribution >= 4 is 22.6 Å². The number of methoxy groups -OCH3 is 1. The first-order valence-corrected chi connectivity index (χ1v) is 8.15. The van der Waals surface area contributed by atoms with Crippen molar-refractivity contribution in [1.82, 2.24) is 15.0 Å². The predicted molar refractivity (Wildman–Crippen MR) is 99.8 cm³/mol. The van der Waals surface area contributed by atoms with Crippen LogP contribution in [0.25, 0.3) is 33.7 Å². The van der Waals surface area contributed by atoms with Crippen LogP contribution in [-0.2, 0) is 0 Å². The van der Waals surface area contributed by atoms with Gasteiger partial charge in [-0.05, 0) is 18.2 Å². The maximum absolute atomic E-state index is 6.12. The molecule has 0 atom stereocenters. The van der Waals surface area contributed by atoms with Gasteiger partial charge in [0, 0.05) is 17.3 Å². The van der Waals surface area contributed by atoms with Crippen LogP contribution in [0.5, 0.6) is 5.75 Å². The van der Waals surface area contributed by atoms with Gasteiger partial charge in [0.25, 0.3) is 0 Å². The molecule has 2 aromatic heterocycles. The minimum atomic E-state index is 0.543. The molecule has 122 valence electrons. The summed E-state index contributed by atoms with van der Waals surface area (Å²) in [5, 5.41) is 0.543. The van der Waals surface area contributed by atoms with Crippen molar-refractivity contribution in [1.29, 1.82) is 0 Å². The number of rotatable bonds is 3. The third-order valence-corrected chi connectivity index (χ3v) is 4.08. The van der Waals surface area contributed by atoms with E-state index in [-0.39, 0.29) is 0 Å². The van der Waals surface area contributed by atoms with E-state index in [9.17, 15) is 0 Å². The summed E-state index contributed by atoms with van der Waals surface area (Å²) in [7, 11) is 1.64. The number of benzene rings is 2. The molecular formula is C20H14ClN3O. The van der Waals surface area contributed by atoms with Crippen LogP contribution in [0.15, 0.2) is 66.9 Å². The Balaban J connectivity index is 2.00. The molecule has 2 aromatic carbocycles. The lowest BCUT2D eigenvalue weighted by molar-refractivity contribution is 0.415. The van der Waals surface area contributed by atoms with Crippen molar-refractivity contribution in [2.45, 2.75) is 0 Å². The molecule has 0 saturated heterocycles. The fourth-order valence-electron chi connectivity index (χ4n) is 2.68. The van der Waals surface area contributed by atoms with E-state index in [4.69, 9.17) is 21.3 Å². The molecule has 4 nitrogen and oxygen atoms in total. The Morgan fingerprint density at radius 3 is 2.48 bits per heavy atom. The molecule has 4 rings (SSSR count). The topological polar surface area (TPSA) is 47.9 Å². The van der Waals surface area contributed by atoms with Crippen LogP contribution in [0.4, 0.5) is 0 Å². The second-order valence-corrected chi connectivity index (χ2v) is 5.95. The maximum Gasteiger partial charge on any atom is 0.160 e. The fourth-order valence-corrected chi connectivity index (χ4v) is 2.83. The van der Waals surface area contributed by atoms with Crippen LogP contribution < -0.4 is 4.74 Å². The molecule has 0 bridgehead atoms. The van der Waals surface area contributed by atoms with Crippen LogP contribution in [-0.4, -0.2) is 22.1 Å². The molecule has 0 aliphatic carbocycles. The Morgan fingerprint density at radius 2 is 1.68 bits per heavy atom. The number of nitrogens with zero attached hydrogens (tertiary/aromatic N) is 3. The zero-order valence-electron chi connectivity index (χ0n) is 13.5. The van der Waals surface area contributed by atoms with Gasteiger partial charge in [0.2, 0.25) is 0 Å². The van der Waals surface area contributed by atoms with E-state index in [1.54, 1.807) is 13.3 Å². The van der Waals surface area contributed by atoms with Crippen molar-refractivity contribution < 1.29 is 4.74 Å². The Kier molecular flexibility index (Phi) is 4.04. The number of aromatic nitrogens is 3. The van der Waals surface area contributed by atoms with E-state index in [0.717, 1.165) is 28.1 Å². The van der Waals surface area contributed by atoms with Gasteiger partial charge in [-0.3, -0.25) is 4.98 Å². The zero-order chi connectivity index (χ0) is 17.2. The summed E-state index contributed by atoms with van der Waals surface area (Å²) in [4.78, 5) is 13.9. The molecule has 0 aliphatic rings. The number of pyridine rings is 1. The van der Waals surface area contributed by atoms with Gasteiger partial charge in [-0.1, -0.05) is 54.1 Å². The van der Waals surface area contributed by atoms with Gasteiger partial charge >= 0.3 is 0 Å². The van der Waals surface area contributed by atoms with E-state index in [0.29, 0.717) is 16.4 Å². The first-order chi connectivity index (χ1) is 12.2. The molecule has 0 saturated carbocycles. The van der Waals surface area contributed by atoms with Gasteiger partial charge < -0.3 is 4.74 Å². The Bertz CT molecular complexity index is 1050. The number of hydrogen-bond donors (Lipinski definition) is 0. The number of halogens is 1. The van der Waals surface area contributed by atoms with E-state index < -0.39 is 0 Å². The van der Waals surface area contributed by atoms with Gasteiger partial charge in [0.1, 0.15) is 17.0 Å². The molecule has 2 heterocycles. The first kappa shape index (κ1) is 15.5. The zero-order valence-corrected chi connectivity index (χ0v) is 14.2. The summed E-state index contributed by atoms with van der Waals surface area (Å²) >= 11 is 6.12. The van der Waals surface area contributed by atoms with Crippen molar-refractivity contribution in [3.63, 3.8) is 0 Å². The molecule has 0 N–H and O–H groups in total. The highest BCUT2D eigenvalue weighted by atomic mass is 35.5. The average Bonchev–Trinajstić information content (AvgIpc) is 2.67. The van der Waals surface area contributed by atoms with Crippen molar-refractivity contribution in [3.8, 4) is 28.4 Å². The van der Waals surface area contributed by atoms with E-state index in [1.165, 1.54) is 0 Å². The van der Waals surface area contributed by atoms with Gasteiger partial charge in [0.05, 0.1) is 17.6 Å². The predicted octanol–water partition coefficient (Wildman–Crippen LogP) is 5.02. The highest BCUT2D eigenvalue weighted by Gasteiger charge is 2.13. The summed E-state index contributed by atoms with van der Waals surface area (Å²) in [6.45, 7) is 0. The van der Waals surface area contributed by atoms with E-state index in [2.05, 4.69) is 9.97 Å². The number of fused-ring (bicyclic) bond motifs is 1. The highest BCUT2D eigenvalue weighted by molar-refractivity contribution is 6.31. The second kappa shape index (κ2) is 6.49. The Labute approximate surface area is 150 Å². The van der Waals surface area contributed by atoms with Crippen molar-refractivity contribution in [2.24, 2.45) is 0 Å². The third-order valence-electron chi connectivity index (χ3n) is 3.88. The molecule has 4 aromatic rings. The molecule has 0 aliphatic heterocycles. The van der Waals surface area contributed by atoms with Crippen molar-refractivity contribution in [2.75, 3.05) is 7.11 Å². The lowest BCUT2D eigenvalue weighted by atomic mass is 10.1. The maximum atomic E-state index is 6.12. The number of ether oxygens (including phenoxy) is 1. The standard InChI is InChI=1S/C20H14ClN3O/c1-25-16-9-5-8-14(10-16)20-23-17-11-15(21)12-22-19(17)18(24-20)13-6-3-2-4-7-13/h2-12H,1H3. The number of hydrogen-bond acceptors (Lipinski definition) is 4. The summed E-state index contributed by atoms with van der Waals surface area (Å²) in [6, 6.07) is 19.4. The Morgan fingerprint density at radius 1 is 0.880 bits per heavy atom. The minimum absolute atomic E-state index is 0.543. The fraction of sp³-hybridized carbons (Fsp3) is 0.0500. The molecule has 0 fully saturated rings. The van der Waals surface area contributed by atoms with Crippen LogP contribution in [0, 0.1) is 0 Å². The van der Waals surface area contributed by atoms with Crippen molar-refractivity contribution in [3.05, 3.63) is 71.9 Å². The third kappa shape index (κ3) is 3.04. The normalized spacial score (nSPS) is 10.8. The van der Waals surface area contributed by atoms with Gasteiger partial charge in [-0.2, -0.15) is 0 Å². The molecule has 0 amide bonds. The molecule has 5 heteroatoms. The van der Waals surface area contributed by atoms with Crippen LogP contribution in [0.3, 0.4) is 0 Å². The molecule has 25 heavy (non-hydrogen) atoms. The lowest BCUT2D eigenvalue weighted by Gasteiger charge is -2.09. The summed E-state index contributed by atoms with van der Waals surface area (Å²) < 4.78 is 5.31. The van der Waals surface area contributed by atoms with Crippen LogP contribution in [0.1, 0.15) is 0 Å². The van der Waals surface area contributed by atoms with Gasteiger partial charge in [-0.25, -0.2) is 9.97 Å². The summed E-state index contributed by atoms with van der Waals surface area (Å²) in [5.41, 5.74) is 4.06. The second-order valence-electron chi connectivity index (χ2n) is 5.52. The summed E-state index contributed by atoms with van der Waals surface area (Å²) in [5.74, 6) is 1.36. The molecular weight excluding hydrogens is 334 g/mol. The smallest absolute Gasteiger partial charge is 0.160 e. The molecule has 0 unspecified atom stereocenters. The molecule has 0 spiro atoms. The van der Waals surface area contributed by atoms with Gasteiger partial charge in [0.15, 0.2) is 5.82 Å². The molecule has 0 radical (unpaired) electrons. The quantitative estimate of drug-likeness (QED) is 0.522. The van der Waals surface area contributed by atoms with Crippen LogP contribution in [0.2, 0.25) is 5.02 Å². The lowest BCUT2D eigenvalue weighted by Crippen LogP contribution is -1.97. The minimum Gasteiger partial charge on any atom is -0.497 e. The van der Waals surface area contributed by atoms with Crippen LogP contribution >= 0.6 is 11.6 Å². The Hall–Kier alpha value is -2.98. The highest BCUT2D eigenvalue weighted by Crippen LogP contribution is 2.29. The van der Waals surface area contributed by atoms with E-state index >= 15 is 0 Å². The average molecular weight is 348 g/mol. The SMILES string of the molecule is COc1cccc(-c2nc(-c3ccccc3)c3ncc(Cl)cc3n2)c1. The van der Waals surface area contributed by atoms with Gasteiger partial charge in [-0.15, -0.1) is 0 Å². The summed E-state index contributed by atoms with van der Waals surface area (Å²) in [6.07, 6.45) is 1.62. The van der Waals surface area contributed by atoms with E-state index in [1.807, 2.05) is 60.7 Å².